The summed E-state index contributed by atoms with van der Waals surface area (Å²) in [5, 5.41) is 12.0. The molecule has 0 saturated heterocycles. The van der Waals surface area contributed by atoms with Crippen molar-refractivity contribution in [2.45, 2.75) is 12.5 Å². The fourth-order valence-electron chi connectivity index (χ4n) is 4.07. The van der Waals surface area contributed by atoms with Gasteiger partial charge in [0.05, 0.1) is 35.4 Å². The highest BCUT2D eigenvalue weighted by Gasteiger charge is 2.31. The highest BCUT2D eigenvalue weighted by atomic mass is 35.5. The first-order valence-corrected chi connectivity index (χ1v) is 9.72. The summed E-state index contributed by atoms with van der Waals surface area (Å²) in [7, 11) is 0. The number of benzene rings is 1. The van der Waals surface area contributed by atoms with E-state index in [-0.39, 0.29) is 18.3 Å². The Hall–Kier alpha value is -3.46. The van der Waals surface area contributed by atoms with Gasteiger partial charge in [-0.25, -0.2) is 14.4 Å². The van der Waals surface area contributed by atoms with Crippen molar-refractivity contribution >= 4 is 23.1 Å². The van der Waals surface area contributed by atoms with Crippen molar-refractivity contribution in [3.63, 3.8) is 0 Å². The normalized spacial score (nSPS) is 17.1. The van der Waals surface area contributed by atoms with Gasteiger partial charge in [-0.05, 0) is 18.2 Å². The molecule has 1 N–H and O–H groups in total. The molecule has 1 aromatic carbocycles. The van der Waals surface area contributed by atoms with Gasteiger partial charge in [0.25, 0.3) is 0 Å². The van der Waals surface area contributed by atoms with Crippen molar-refractivity contribution in [3.8, 4) is 22.8 Å². The lowest BCUT2D eigenvalue weighted by atomic mass is 9.96. The molecule has 0 fully saturated rings. The van der Waals surface area contributed by atoms with Gasteiger partial charge < -0.3 is 14.8 Å². The standard InChI is InChI=1S/C20H14ClFN6O2/c21-13-5-23-8-25-18(13)11-3-16-20(28-9-26-27-19(11)28)24-4-12-14(22)1-2-15-17(12)10(6-29-15)7-30-16/h1-3,5,8-10,24H,4,6-7H2/t10-/m1/s1. The van der Waals surface area contributed by atoms with Crippen LogP contribution in [0.25, 0.3) is 16.9 Å². The van der Waals surface area contributed by atoms with Gasteiger partial charge in [0.1, 0.15) is 24.2 Å². The van der Waals surface area contributed by atoms with Crippen molar-refractivity contribution in [1.82, 2.24) is 24.6 Å². The van der Waals surface area contributed by atoms with Gasteiger partial charge >= 0.3 is 0 Å². The topological polar surface area (TPSA) is 86.5 Å². The van der Waals surface area contributed by atoms with Crippen LogP contribution in [-0.4, -0.2) is 37.8 Å². The lowest BCUT2D eigenvalue weighted by Crippen LogP contribution is -2.13. The molecule has 0 aliphatic carbocycles. The van der Waals surface area contributed by atoms with Gasteiger partial charge in [0.15, 0.2) is 17.2 Å². The zero-order valence-electron chi connectivity index (χ0n) is 15.5. The fraction of sp³-hybridized carbons (Fsp3) is 0.200. The zero-order valence-corrected chi connectivity index (χ0v) is 16.2. The number of hydrogen-bond donors (Lipinski definition) is 1. The second-order valence-corrected chi connectivity index (χ2v) is 7.53. The summed E-state index contributed by atoms with van der Waals surface area (Å²) in [6.07, 6.45) is 4.52. The zero-order chi connectivity index (χ0) is 20.2. The number of hydrogen-bond acceptors (Lipinski definition) is 7. The lowest BCUT2D eigenvalue weighted by Gasteiger charge is -2.16. The fourth-order valence-corrected chi connectivity index (χ4v) is 4.28. The monoisotopic (exact) mass is 424 g/mol. The van der Waals surface area contributed by atoms with E-state index in [1.54, 1.807) is 16.8 Å². The molecule has 5 heterocycles. The molecule has 2 aliphatic rings. The molecule has 0 spiro atoms. The molecule has 30 heavy (non-hydrogen) atoms. The minimum atomic E-state index is -0.274. The van der Waals surface area contributed by atoms with Crippen LogP contribution in [0.3, 0.4) is 0 Å². The maximum atomic E-state index is 14.7. The first-order chi connectivity index (χ1) is 14.7. The Balaban J connectivity index is 1.54. The molecule has 0 radical (unpaired) electrons. The Bertz CT molecular complexity index is 1310. The van der Waals surface area contributed by atoms with E-state index in [4.69, 9.17) is 21.1 Å². The summed E-state index contributed by atoms with van der Waals surface area (Å²) < 4.78 is 28.4. The van der Waals surface area contributed by atoms with Gasteiger partial charge in [0.2, 0.25) is 0 Å². The average molecular weight is 425 g/mol. The number of anilines is 1. The predicted octanol–water partition coefficient (Wildman–Crippen LogP) is 3.46. The number of halogens is 2. The Morgan fingerprint density at radius 2 is 2.07 bits per heavy atom. The van der Waals surface area contributed by atoms with Gasteiger partial charge in [-0.2, -0.15) is 0 Å². The number of aromatic nitrogens is 5. The molecule has 10 heteroatoms. The van der Waals surface area contributed by atoms with Crippen molar-refractivity contribution in [2.24, 2.45) is 0 Å². The maximum absolute atomic E-state index is 14.7. The van der Waals surface area contributed by atoms with Gasteiger partial charge in [-0.15, -0.1) is 10.2 Å². The molecule has 3 aromatic heterocycles. The Labute approximate surface area is 174 Å². The highest BCUT2D eigenvalue weighted by molar-refractivity contribution is 6.33. The molecule has 1 atom stereocenters. The summed E-state index contributed by atoms with van der Waals surface area (Å²) in [5.74, 6) is 1.55. The van der Waals surface area contributed by atoms with Crippen LogP contribution in [0.1, 0.15) is 17.0 Å². The Kier molecular flexibility index (Phi) is 3.79. The molecule has 0 unspecified atom stereocenters. The molecular weight excluding hydrogens is 411 g/mol. The van der Waals surface area contributed by atoms with Crippen LogP contribution >= 0.6 is 11.6 Å². The number of nitrogens with one attached hydrogen (secondary N) is 1. The van der Waals surface area contributed by atoms with Crippen LogP contribution in [0.5, 0.6) is 11.5 Å². The van der Waals surface area contributed by atoms with Crippen molar-refractivity contribution in [2.75, 3.05) is 18.5 Å². The number of pyridine rings is 1. The van der Waals surface area contributed by atoms with Crippen LogP contribution in [0.2, 0.25) is 5.02 Å². The van der Waals surface area contributed by atoms with Crippen LogP contribution < -0.4 is 14.8 Å². The van der Waals surface area contributed by atoms with Gasteiger partial charge in [-0.1, -0.05) is 11.6 Å². The summed E-state index contributed by atoms with van der Waals surface area (Å²) >= 11 is 6.33. The summed E-state index contributed by atoms with van der Waals surface area (Å²) in [5.41, 5.74) is 3.17. The largest absolute Gasteiger partial charge is 0.493 e. The lowest BCUT2D eigenvalue weighted by molar-refractivity contribution is 0.249. The van der Waals surface area contributed by atoms with E-state index in [0.717, 1.165) is 5.56 Å². The van der Waals surface area contributed by atoms with Gasteiger partial charge in [-0.3, -0.25) is 4.40 Å². The van der Waals surface area contributed by atoms with Crippen LogP contribution in [-0.2, 0) is 6.54 Å². The molecule has 4 aromatic rings. The average Bonchev–Trinajstić information content (AvgIpc) is 3.40. The van der Waals surface area contributed by atoms with Crippen LogP contribution in [0.4, 0.5) is 10.2 Å². The molecule has 0 bridgehead atoms. The predicted molar refractivity (Wildman–Crippen MR) is 106 cm³/mol. The van der Waals surface area contributed by atoms with E-state index in [1.165, 1.54) is 18.6 Å². The van der Waals surface area contributed by atoms with E-state index in [0.29, 0.717) is 58.0 Å². The number of nitrogens with zero attached hydrogens (tertiary/aromatic N) is 5. The SMILES string of the molecule is Fc1ccc2c3c1CNc1c(cc(-c4ncncc4Cl)c4nncn14)OC[C@H]3CO2. The Morgan fingerprint density at radius 3 is 2.93 bits per heavy atom. The first kappa shape index (κ1) is 17.4. The second-order valence-electron chi connectivity index (χ2n) is 7.12. The maximum Gasteiger partial charge on any atom is 0.171 e. The van der Waals surface area contributed by atoms with E-state index < -0.39 is 0 Å². The first-order valence-electron chi connectivity index (χ1n) is 9.34. The summed E-state index contributed by atoms with van der Waals surface area (Å²) in [6.45, 7) is 1.05. The van der Waals surface area contributed by atoms with E-state index in [9.17, 15) is 4.39 Å². The van der Waals surface area contributed by atoms with Crippen LogP contribution in [0.15, 0.2) is 37.1 Å². The van der Waals surface area contributed by atoms with E-state index in [2.05, 4.69) is 25.5 Å². The van der Waals surface area contributed by atoms with Crippen LogP contribution in [0, 0.1) is 5.82 Å². The molecule has 8 nitrogen and oxygen atoms in total. The smallest absolute Gasteiger partial charge is 0.171 e. The molecule has 150 valence electrons. The van der Waals surface area contributed by atoms with E-state index >= 15 is 0 Å². The highest BCUT2D eigenvalue weighted by Crippen LogP contribution is 2.42. The number of fused-ring (bicyclic) bond motifs is 3. The summed E-state index contributed by atoms with van der Waals surface area (Å²) in [6, 6.07) is 4.93. The third-order valence-electron chi connectivity index (χ3n) is 5.44. The van der Waals surface area contributed by atoms with E-state index in [1.807, 2.05) is 6.07 Å². The van der Waals surface area contributed by atoms with Crippen molar-refractivity contribution < 1.29 is 13.9 Å². The second kappa shape index (κ2) is 6.53. The molecule has 0 amide bonds. The third-order valence-corrected chi connectivity index (χ3v) is 5.72. The molecule has 6 rings (SSSR count). The minimum Gasteiger partial charge on any atom is -0.493 e. The summed E-state index contributed by atoms with van der Waals surface area (Å²) in [4.78, 5) is 8.25. The van der Waals surface area contributed by atoms with Crippen molar-refractivity contribution in [1.29, 1.82) is 0 Å². The number of ether oxygens (including phenoxy) is 2. The minimum absolute atomic E-state index is 0.0684. The molecular formula is C20H14ClFN6O2. The van der Waals surface area contributed by atoms with Crippen molar-refractivity contribution in [3.05, 3.63) is 59.0 Å². The quantitative estimate of drug-likeness (QED) is 0.500. The molecule has 2 aliphatic heterocycles. The Morgan fingerprint density at radius 1 is 1.20 bits per heavy atom. The molecule has 0 saturated carbocycles. The number of rotatable bonds is 1. The van der Waals surface area contributed by atoms with Gasteiger partial charge in [0, 0.05) is 23.9 Å². The third kappa shape index (κ3) is 2.51.